The Morgan fingerprint density at radius 3 is 2.85 bits per heavy atom. The number of hydrogen-bond donors (Lipinski definition) is 1. The van der Waals surface area contributed by atoms with Crippen LogP contribution in [0.4, 0.5) is 14.6 Å². The summed E-state index contributed by atoms with van der Waals surface area (Å²) in [6.45, 7) is 6.57. The van der Waals surface area contributed by atoms with Gasteiger partial charge in [-0.2, -0.15) is 9.37 Å². The molecule has 0 radical (unpaired) electrons. The van der Waals surface area contributed by atoms with Crippen LogP contribution in [0.1, 0.15) is 26.2 Å². The van der Waals surface area contributed by atoms with Gasteiger partial charge < -0.3 is 14.8 Å². The van der Waals surface area contributed by atoms with Gasteiger partial charge in [-0.1, -0.05) is 25.8 Å². The van der Waals surface area contributed by atoms with Crippen molar-refractivity contribution in [3.8, 4) is 6.01 Å². The number of ether oxygens (including phenoxy) is 2. The van der Waals surface area contributed by atoms with Crippen molar-refractivity contribution in [3.05, 3.63) is 48.1 Å². The first-order chi connectivity index (χ1) is 12.6. The molecular weight excluding hydrogens is 342 g/mol. The fourth-order valence-corrected chi connectivity index (χ4v) is 1.81. The lowest BCUT2D eigenvalue weighted by Gasteiger charge is -2.05. The lowest BCUT2D eigenvalue weighted by atomic mass is 10.2. The second-order valence-electron chi connectivity index (χ2n) is 5.22. The highest BCUT2D eigenvalue weighted by Crippen LogP contribution is 2.17. The summed E-state index contributed by atoms with van der Waals surface area (Å²) < 4.78 is 35.8. The third-order valence-corrected chi connectivity index (χ3v) is 3.12. The Labute approximate surface area is 152 Å². The Kier molecular flexibility index (Phi) is 10.5. The van der Waals surface area contributed by atoms with Crippen molar-refractivity contribution in [1.82, 2.24) is 15.3 Å². The fourth-order valence-electron chi connectivity index (χ4n) is 1.81. The van der Waals surface area contributed by atoms with E-state index in [9.17, 15) is 8.78 Å². The van der Waals surface area contributed by atoms with Crippen molar-refractivity contribution in [3.63, 3.8) is 0 Å². The van der Waals surface area contributed by atoms with Gasteiger partial charge in [-0.05, 0) is 38.4 Å². The molecule has 0 saturated heterocycles. The van der Waals surface area contributed by atoms with Crippen molar-refractivity contribution < 1.29 is 18.3 Å². The number of nitrogens with zero attached hydrogens (tertiary/aromatic N) is 3. The van der Waals surface area contributed by atoms with Crippen molar-refractivity contribution in [1.29, 1.82) is 0 Å². The summed E-state index contributed by atoms with van der Waals surface area (Å²) in [5, 5.41) is 3.10. The molecule has 6 nitrogen and oxygen atoms in total. The lowest BCUT2D eigenvalue weighted by molar-refractivity contribution is 0.246. The topological polar surface area (TPSA) is 68.6 Å². The molecule has 0 saturated carbocycles. The second-order valence-corrected chi connectivity index (χ2v) is 5.22. The number of rotatable bonds is 8. The molecule has 1 aromatic heterocycles. The zero-order valence-electron chi connectivity index (χ0n) is 15.0. The minimum absolute atomic E-state index is 0.00331. The maximum absolute atomic E-state index is 13.1. The average molecular weight is 366 g/mol. The molecule has 2 heterocycles. The number of hydrogen-bond acceptors (Lipinski definition) is 6. The van der Waals surface area contributed by atoms with Gasteiger partial charge in [-0.25, -0.2) is 14.4 Å². The largest absolute Gasteiger partial charge is 0.459 e. The zero-order chi connectivity index (χ0) is 19.2. The van der Waals surface area contributed by atoms with Crippen LogP contribution in [0.5, 0.6) is 6.01 Å². The Bertz CT molecular complexity index is 657. The third-order valence-electron chi connectivity index (χ3n) is 3.12. The summed E-state index contributed by atoms with van der Waals surface area (Å²) in [6.07, 6.45) is 10.4. The van der Waals surface area contributed by atoms with Crippen LogP contribution >= 0.6 is 0 Å². The van der Waals surface area contributed by atoms with E-state index in [-0.39, 0.29) is 18.4 Å². The van der Waals surface area contributed by atoms with E-state index in [1.165, 1.54) is 38.1 Å². The first-order valence-electron chi connectivity index (χ1n) is 8.27. The smallest absolute Gasteiger partial charge is 0.318 e. The molecule has 1 aliphatic heterocycles. The highest BCUT2D eigenvalue weighted by Gasteiger charge is 2.07. The van der Waals surface area contributed by atoms with Gasteiger partial charge in [-0.3, -0.25) is 0 Å². The molecule has 0 atom stereocenters. The summed E-state index contributed by atoms with van der Waals surface area (Å²) in [5.41, 5.74) is 0.507. The Morgan fingerprint density at radius 1 is 1.35 bits per heavy atom. The maximum atomic E-state index is 13.1. The van der Waals surface area contributed by atoms with Crippen LogP contribution in [0.3, 0.4) is 0 Å². The van der Waals surface area contributed by atoms with Gasteiger partial charge in [0.25, 0.3) is 6.01 Å². The average Bonchev–Trinajstić information content (AvgIpc) is 2.86. The number of allylic oxidation sites excluding steroid dienone is 2. The summed E-state index contributed by atoms with van der Waals surface area (Å²) in [6, 6.07) is -0.829. The maximum Gasteiger partial charge on any atom is 0.318 e. The highest BCUT2D eigenvalue weighted by molar-refractivity contribution is 5.40. The number of unbranched alkanes of at least 4 members (excludes halogenated alkanes) is 2. The molecule has 142 valence electrons. The normalized spacial score (nSPS) is 12.8. The predicted molar refractivity (Wildman–Crippen MR) is 97.6 cm³/mol. The van der Waals surface area contributed by atoms with E-state index in [1.54, 1.807) is 6.08 Å². The molecule has 0 aromatic carbocycles. The van der Waals surface area contributed by atoms with E-state index < -0.39 is 11.8 Å². The standard InChI is InChI=1S/C12H9F2N3O2.C6H15N/c1-15-11-9(13)6-16-12(17-11)19-7-8-3-2-4-18-10(14)5-8;1-3-4-5-6-7-2/h2-6H,1,7H2;7H,3-6H2,1-2H3. The number of aromatic nitrogens is 2. The van der Waals surface area contributed by atoms with Crippen LogP contribution in [0.2, 0.25) is 0 Å². The third kappa shape index (κ3) is 8.48. The van der Waals surface area contributed by atoms with Crippen molar-refractivity contribution in [2.24, 2.45) is 4.99 Å². The van der Waals surface area contributed by atoms with E-state index in [2.05, 4.69) is 38.7 Å². The minimum Gasteiger partial charge on any atom is -0.459 e. The molecule has 2 rings (SSSR count). The number of nitrogens with one attached hydrogen (secondary N) is 1. The molecule has 0 fully saturated rings. The Balaban J connectivity index is 0.000000412. The van der Waals surface area contributed by atoms with Gasteiger partial charge >= 0.3 is 6.01 Å². The van der Waals surface area contributed by atoms with Gasteiger partial charge in [0.2, 0.25) is 0 Å². The van der Waals surface area contributed by atoms with Crippen LogP contribution < -0.4 is 10.1 Å². The summed E-state index contributed by atoms with van der Waals surface area (Å²) in [5.74, 6) is -0.900. The van der Waals surface area contributed by atoms with E-state index >= 15 is 0 Å². The molecule has 0 unspecified atom stereocenters. The van der Waals surface area contributed by atoms with Gasteiger partial charge in [0.15, 0.2) is 11.6 Å². The predicted octanol–water partition coefficient (Wildman–Crippen LogP) is 4.00. The fraction of sp³-hybridized carbons (Fsp3) is 0.389. The summed E-state index contributed by atoms with van der Waals surface area (Å²) in [7, 11) is 2.00. The molecular formula is C18H24F2N4O2. The van der Waals surface area contributed by atoms with Crippen LogP contribution in [-0.2, 0) is 4.74 Å². The Hall–Kier alpha value is -2.61. The molecule has 1 N–H and O–H groups in total. The van der Waals surface area contributed by atoms with Crippen molar-refractivity contribution in [2.75, 3.05) is 20.2 Å². The number of aliphatic imine (C=N–C) groups is 1. The van der Waals surface area contributed by atoms with E-state index in [0.29, 0.717) is 5.57 Å². The monoisotopic (exact) mass is 366 g/mol. The Morgan fingerprint density at radius 2 is 2.15 bits per heavy atom. The summed E-state index contributed by atoms with van der Waals surface area (Å²) >= 11 is 0. The molecule has 0 aliphatic carbocycles. The number of halogens is 2. The summed E-state index contributed by atoms with van der Waals surface area (Å²) in [4.78, 5) is 10.7. The molecule has 0 bridgehead atoms. The molecule has 8 heteroatoms. The van der Waals surface area contributed by atoms with E-state index in [1.807, 2.05) is 7.05 Å². The molecule has 0 spiro atoms. The first kappa shape index (κ1) is 21.4. The first-order valence-corrected chi connectivity index (χ1v) is 8.27. The molecule has 1 aromatic rings. The van der Waals surface area contributed by atoms with E-state index in [0.717, 1.165) is 12.3 Å². The SMILES string of the molecule is C=Nc1nc(OCC2=CC=COC(F)=C2)ncc1F.CCCCCNC. The zero-order valence-corrected chi connectivity index (χ0v) is 15.0. The molecule has 0 amide bonds. The van der Waals surface area contributed by atoms with Crippen LogP contribution in [0.15, 0.2) is 47.3 Å². The van der Waals surface area contributed by atoms with Gasteiger partial charge in [-0.15, -0.1) is 0 Å². The van der Waals surface area contributed by atoms with Crippen LogP contribution in [0, 0.1) is 5.82 Å². The van der Waals surface area contributed by atoms with Gasteiger partial charge in [0, 0.05) is 6.08 Å². The van der Waals surface area contributed by atoms with Crippen LogP contribution in [0.25, 0.3) is 0 Å². The highest BCUT2D eigenvalue weighted by atomic mass is 19.1. The quantitative estimate of drug-likeness (QED) is 0.556. The molecule has 26 heavy (non-hydrogen) atoms. The van der Waals surface area contributed by atoms with Gasteiger partial charge in [0.1, 0.15) is 6.61 Å². The molecule has 1 aliphatic rings. The second kappa shape index (κ2) is 12.7. The van der Waals surface area contributed by atoms with Crippen molar-refractivity contribution in [2.45, 2.75) is 26.2 Å². The van der Waals surface area contributed by atoms with Crippen molar-refractivity contribution >= 4 is 12.5 Å². The van der Waals surface area contributed by atoms with Gasteiger partial charge in [0.05, 0.1) is 12.5 Å². The van der Waals surface area contributed by atoms with E-state index in [4.69, 9.17) is 4.74 Å². The minimum atomic E-state index is -0.753. The van der Waals surface area contributed by atoms with Crippen LogP contribution in [-0.4, -0.2) is 36.9 Å². The lowest BCUT2D eigenvalue weighted by Crippen LogP contribution is -2.06.